The Balaban J connectivity index is 1.84. The summed E-state index contributed by atoms with van der Waals surface area (Å²) in [5, 5.41) is 3.05. The number of rotatable bonds is 11. The predicted molar refractivity (Wildman–Crippen MR) is 151 cm³/mol. The first kappa shape index (κ1) is 27.5. The average molecular weight is 503 g/mol. The van der Waals surface area contributed by atoms with Crippen LogP contribution in [0.25, 0.3) is 0 Å². The molecule has 4 nitrogen and oxygen atoms in total. The van der Waals surface area contributed by atoms with E-state index < -0.39 is 6.04 Å². The van der Waals surface area contributed by atoms with Crippen LogP contribution in [0.5, 0.6) is 0 Å². The van der Waals surface area contributed by atoms with E-state index in [1.165, 1.54) is 22.3 Å². The molecule has 0 bridgehead atoms. The molecule has 0 aliphatic rings. The van der Waals surface area contributed by atoms with Crippen molar-refractivity contribution in [3.05, 3.63) is 106 Å². The van der Waals surface area contributed by atoms with Crippen LogP contribution in [0.3, 0.4) is 0 Å². The summed E-state index contributed by atoms with van der Waals surface area (Å²) in [6, 6.07) is 24.0. The molecule has 0 saturated heterocycles. The zero-order valence-corrected chi connectivity index (χ0v) is 22.9. The molecule has 0 heterocycles. The van der Waals surface area contributed by atoms with Gasteiger partial charge in [-0.25, -0.2) is 0 Å². The summed E-state index contributed by atoms with van der Waals surface area (Å²) in [6.45, 7) is 10.5. The molecule has 0 aromatic heterocycles. The van der Waals surface area contributed by atoms with Gasteiger partial charge in [-0.05, 0) is 51.3 Å². The van der Waals surface area contributed by atoms with E-state index in [0.29, 0.717) is 18.7 Å². The van der Waals surface area contributed by atoms with Crippen molar-refractivity contribution in [1.82, 2.24) is 10.2 Å². The topological polar surface area (TPSA) is 49.4 Å². The van der Waals surface area contributed by atoms with Gasteiger partial charge < -0.3 is 10.2 Å². The molecule has 5 heteroatoms. The number of hydrogen-bond donors (Lipinski definition) is 1. The van der Waals surface area contributed by atoms with E-state index in [4.69, 9.17) is 0 Å². The Morgan fingerprint density at radius 3 is 2.06 bits per heavy atom. The molecule has 3 rings (SSSR count). The number of thioether (sulfide) groups is 1. The minimum absolute atomic E-state index is 0.00830. The highest BCUT2D eigenvalue weighted by Gasteiger charge is 2.30. The summed E-state index contributed by atoms with van der Waals surface area (Å²) in [5.41, 5.74) is 6.89. The van der Waals surface area contributed by atoms with Crippen molar-refractivity contribution in [1.29, 1.82) is 0 Å². The van der Waals surface area contributed by atoms with Crippen molar-refractivity contribution in [2.24, 2.45) is 0 Å². The lowest BCUT2D eigenvalue weighted by atomic mass is 10.0. The first-order valence-corrected chi connectivity index (χ1v) is 13.7. The number of nitrogens with zero attached hydrogens (tertiary/aromatic N) is 1. The SMILES string of the molecule is Cc1ccc(CN(C(=O)CSCc2cc(C)cc(C)c2)C(Cc2ccccc2)C(=O)NC(C)C)cc1. The molecule has 36 heavy (non-hydrogen) atoms. The largest absolute Gasteiger partial charge is 0.352 e. The van der Waals surface area contributed by atoms with Crippen LogP contribution in [0.2, 0.25) is 0 Å². The maximum Gasteiger partial charge on any atom is 0.243 e. The molecule has 190 valence electrons. The molecular formula is C31H38N2O2S. The summed E-state index contributed by atoms with van der Waals surface area (Å²) < 4.78 is 0. The van der Waals surface area contributed by atoms with Gasteiger partial charge in [0.25, 0.3) is 0 Å². The monoisotopic (exact) mass is 502 g/mol. The number of aryl methyl sites for hydroxylation is 3. The fraction of sp³-hybridized carbons (Fsp3) is 0.355. The Kier molecular flexibility index (Phi) is 10.2. The molecule has 1 atom stereocenters. The smallest absolute Gasteiger partial charge is 0.243 e. The van der Waals surface area contributed by atoms with Gasteiger partial charge >= 0.3 is 0 Å². The Bertz CT molecular complexity index is 1120. The molecule has 1 unspecified atom stereocenters. The third-order valence-electron chi connectivity index (χ3n) is 5.95. The van der Waals surface area contributed by atoms with Gasteiger partial charge in [0.2, 0.25) is 11.8 Å². The van der Waals surface area contributed by atoms with Crippen molar-refractivity contribution in [3.63, 3.8) is 0 Å². The molecule has 2 amide bonds. The molecule has 0 radical (unpaired) electrons. The molecule has 0 fully saturated rings. The number of hydrogen-bond acceptors (Lipinski definition) is 3. The minimum atomic E-state index is -0.592. The summed E-state index contributed by atoms with van der Waals surface area (Å²) >= 11 is 1.60. The molecule has 0 aliphatic heterocycles. The van der Waals surface area contributed by atoms with Crippen LogP contribution in [0.15, 0.2) is 72.8 Å². The van der Waals surface area contributed by atoms with E-state index >= 15 is 0 Å². The standard InChI is InChI=1S/C31H38N2O2S/c1-22(2)32-31(35)29(18-26-9-7-6-8-10-26)33(19-27-13-11-23(3)12-14-27)30(34)21-36-20-28-16-24(4)15-25(5)17-28/h6-17,22,29H,18-21H2,1-5H3,(H,32,35). The molecular weight excluding hydrogens is 464 g/mol. The van der Waals surface area contributed by atoms with Gasteiger partial charge in [0.05, 0.1) is 5.75 Å². The summed E-state index contributed by atoms with van der Waals surface area (Å²) in [7, 11) is 0. The van der Waals surface area contributed by atoms with Crippen LogP contribution in [-0.4, -0.2) is 34.6 Å². The Morgan fingerprint density at radius 2 is 1.44 bits per heavy atom. The second-order valence-electron chi connectivity index (χ2n) is 9.86. The van der Waals surface area contributed by atoms with E-state index in [9.17, 15) is 9.59 Å². The minimum Gasteiger partial charge on any atom is -0.352 e. The lowest BCUT2D eigenvalue weighted by molar-refractivity contribution is -0.139. The van der Waals surface area contributed by atoms with Crippen LogP contribution in [0.4, 0.5) is 0 Å². The molecule has 3 aromatic rings. The number of benzene rings is 3. The van der Waals surface area contributed by atoms with Crippen molar-refractivity contribution >= 4 is 23.6 Å². The van der Waals surface area contributed by atoms with E-state index in [1.54, 1.807) is 16.7 Å². The quantitative estimate of drug-likeness (QED) is 0.349. The molecule has 1 N–H and O–H groups in total. The maximum absolute atomic E-state index is 13.7. The van der Waals surface area contributed by atoms with E-state index in [-0.39, 0.29) is 17.9 Å². The predicted octanol–water partition coefficient (Wildman–Crippen LogP) is 6.01. The number of carbonyl (C=O) groups is 2. The molecule has 0 saturated carbocycles. The highest BCUT2D eigenvalue weighted by atomic mass is 32.2. The molecule has 0 aliphatic carbocycles. The van der Waals surface area contributed by atoms with Crippen LogP contribution < -0.4 is 5.32 Å². The van der Waals surface area contributed by atoms with Gasteiger partial charge in [-0.15, -0.1) is 11.8 Å². The van der Waals surface area contributed by atoms with E-state index in [1.807, 2.05) is 75.4 Å². The zero-order chi connectivity index (χ0) is 26.1. The van der Waals surface area contributed by atoms with E-state index in [0.717, 1.165) is 16.9 Å². The highest BCUT2D eigenvalue weighted by molar-refractivity contribution is 7.99. The average Bonchev–Trinajstić information content (AvgIpc) is 2.82. The molecule has 0 spiro atoms. The first-order chi connectivity index (χ1) is 17.2. The number of amides is 2. The Labute approximate surface area is 220 Å². The fourth-order valence-electron chi connectivity index (χ4n) is 4.32. The van der Waals surface area contributed by atoms with Gasteiger partial charge in [-0.1, -0.05) is 89.5 Å². The summed E-state index contributed by atoms with van der Waals surface area (Å²) in [6.07, 6.45) is 0.471. The van der Waals surface area contributed by atoms with Crippen LogP contribution >= 0.6 is 11.8 Å². The second-order valence-corrected chi connectivity index (χ2v) is 10.9. The fourth-order valence-corrected chi connectivity index (χ4v) is 5.16. The lowest BCUT2D eigenvalue weighted by Gasteiger charge is -2.32. The van der Waals surface area contributed by atoms with Gasteiger partial charge in [0.15, 0.2) is 0 Å². The number of carbonyl (C=O) groups excluding carboxylic acids is 2. The van der Waals surface area contributed by atoms with Gasteiger partial charge in [0, 0.05) is 24.8 Å². The van der Waals surface area contributed by atoms with Gasteiger partial charge in [-0.3, -0.25) is 9.59 Å². The molecule has 3 aromatic carbocycles. The van der Waals surface area contributed by atoms with Crippen molar-refractivity contribution in [2.45, 2.75) is 65.4 Å². The first-order valence-electron chi connectivity index (χ1n) is 12.6. The summed E-state index contributed by atoms with van der Waals surface area (Å²) in [5.74, 6) is 0.936. The second kappa shape index (κ2) is 13.3. The lowest BCUT2D eigenvalue weighted by Crippen LogP contribution is -2.52. The van der Waals surface area contributed by atoms with Crippen LogP contribution in [0, 0.1) is 20.8 Å². The van der Waals surface area contributed by atoms with Gasteiger partial charge in [0.1, 0.15) is 6.04 Å². The normalized spacial score (nSPS) is 11.8. The zero-order valence-electron chi connectivity index (χ0n) is 22.1. The Morgan fingerprint density at radius 1 is 0.806 bits per heavy atom. The maximum atomic E-state index is 13.7. The third-order valence-corrected chi connectivity index (χ3v) is 6.94. The van der Waals surface area contributed by atoms with Crippen LogP contribution in [-0.2, 0) is 28.3 Å². The Hall–Kier alpha value is -3.05. The number of nitrogens with one attached hydrogen (secondary N) is 1. The van der Waals surface area contributed by atoms with Gasteiger partial charge in [-0.2, -0.15) is 0 Å². The van der Waals surface area contributed by atoms with E-state index in [2.05, 4.69) is 37.4 Å². The highest BCUT2D eigenvalue weighted by Crippen LogP contribution is 2.20. The summed E-state index contributed by atoms with van der Waals surface area (Å²) in [4.78, 5) is 28.9. The van der Waals surface area contributed by atoms with Crippen molar-refractivity contribution in [2.75, 3.05) is 5.75 Å². The van der Waals surface area contributed by atoms with Crippen LogP contribution in [0.1, 0.15) is 47.2 Å². The van der Waals surface area contributed by atoms with Crippen molar-refractivity contribution < 1.29 is 9.59 Å². The third kappa shape index (κ3) is 8.56. The van der Waals surface area contributed by atoms with Crippen molar-refractivity contribution in [3.8, 4) is 0 Å².